The van der Waals surface area contributed by atoms with Gasteiger partial charge in [0, 0.05) is 23.4 Å². The summed E-state index contributed by atoms with van der Waals surface area (Å²) in [5.74, 6) is 1.42. The number of nitrogens with zero attached hydrogens (tertiary/aromatic N) is 2. The molecule has 0 saturated heterocycles. The first kappa shape index (κ1) is 16.0. The molecule has 0 spiro atoms. The van der Waals surface area contributed by atoms with Crippen molar-refractivity contribution in [3.05, 3.63) is 66.7 Å². The summed E-state index contributed by atoms with van der Waals surface area (Å²) in [5, 5.41) is 6.72. The third-order valence-electron chi connectivity index (χ3n) is 3.83. The second-order valence-corrected chi connectivity index (χ2v) is 5.77. The first-order valence-electron chi connectivity index (χ1n) is 8.27. The van der Waals surface area contributed by atoms with E-state index in [1.54, 1.807) is 0 Å². The lowest BCUT2D eigenvalue weighted by Crippen LogP contribution is -2.16. The van der Waals surface area contributed by atoms with Crippen LogP contribution in [0.25, 0.3) is 11.3 Å². The van der Waals surface area contributed by atoms with Crippen LogP contribution in [0.15, 0.2) is 66.7 Å². The van der Waals surface area contributed by atoms with Gasteiger partial charge in [-0.25, -0.2) is 4.98 Å². The van der Waals surface area contributed by atoms with Gasteiger partial charge in [-0.3, -0.25) is 0 Å². The molecule has 0 aliphatic carbocycles. The summed E-state index contributed by atoms with van der Waals surface area (Å²) in [6.45, 7) is 4.27. The summed E-state index contributed by atoms with van der Waals surface area (Å²) >= 11 is 0. The molecule has 0 fully saturated rings. The van der Waals surface area contributed by atoms with E-state index in [2.05, 4.69) is 46.6 Å². The summed E-state index contributed by atoms with van der Waals surface area (Å²) in [4.78, 5) is 9.28. The lowest BCUT2D eigenvalue weighted by molar-refractivity contribution is 0.753. The average Bonchev–Trinajstić information content (AvgIpc) is 2.63. The van der Waals surface area contributed by atoms with Crippen LogP contribution in [-0.2, 0) is 0 Å². The number of nitrogens with one attached hydrogen (secondary N) is 2. The zero-order valence-electron chi connectivity index (χ0n) is 14.0. The lowest BCUT2D eigenvalue weighted by Gasteiger charge is -2.14. The van der Waals surface area contributed by atoms with E-state index in [1.807, 2.05) is 54.6 Å². The molecule has 0 radical (unpaired) electrons. The number of aromatic nitrogens is 2. The van der Waals surface area contributed by atoms with Crippen LogP contribution in [0.1, 0.15) is 20.3 Å². The predicted octanol–water partition coefficient (Wildman–Crippen LogP) is 5.10. The molecule has 0 aliphatic rings. The van der Waals surface area contributed by atoms with Gasteiger partial charge in [-0.15, -0.1) is 0 Å². The molecule has 0 aliphatic heterocycles. The molecular weight excluding hydrogens is 296 g/mol. The Morgan fingerprint density at radius 3 is 2.25 bits per heavy atom. The third-order valence-corrected chi connectivity index (χ3v) is 3.83. The van der Waals surface area contributed by atoms with Gasteiger partial charge < -0.3 is 10.6 Å². The Morgan fingerprint density at radius 2 is 1.58 bits per heavy atom. The Bertz CT molecular complexity index is 772. The Kier molecular flexibility index (Phi) is 5.06. The smallest absolute Gasteiger partial charge is 0.225 e. The maximum Gasteiger partial charge on any atom is 0.225 e. The fourth-order valence-electron chi connectivity index (χ4n) is 2.32. The molecule has 3 aromatic rings. The molecular formula is C20H22N4. The van der Waals surface area contributed by atoms with Crippen LogP contribution < -0.4 is 10.6 Å². The van der Waals surface area contributed by atoms with Crippen molar-refractivity contribution in [2.24, 2.45) is 0 Å². The van der Waals surface area contributed by atoms with Crippen molar-refractivity contribution in [2.75, 3.05) is 10.6 Å². The first-order chi connectivity index (χ1) is 11.7. The van der Waals surface area contributed by atoms with E-state index < -0.39 is 0 Å². The zero-order valence-corrected chi connectivity index (χ0v) is 14.0. The van der Waals surface area contributed by atoms with E-state index >= 15 is 0 Å². The lowest BCUT2D eigenvalue weighted by atomic mass is 10.1. The Labute approximate surface area is 143 Å². The minimum atomic E-state index is 0.320. The van der Waals surface area contributed by atoms with Gasteiger partial charge in [0.2, 0.25) is 5.95 Å². The van der Waals surface area contributed by atoms with Crippen molar-refractivity contribution in [3.8, 4) is 11.3 Å². The Morgan fingerprint density at radius 1 is 0.917 bits per heavy atom. The van der Waals surface area contributed by atoms with Gasteiger partial charge >= 0.3 is 0 Å². The highest BCUT2D eigenvalue weighted by Gasteiger charge is 2.09. The quantitative estimate of drug-likeness (QED) is 0.664. The highest BCUT2D eigenvalue weighted by atomic mass is 15.2. The molecule has 1 aromatic heterocycles. The number of benzene rings is 2. The predicted molar refractivity (Wildman–Crippen MR) is 101 cm³/mol. The van der Waals surface area contributed by atoms with Crippen molar-refractivity contribution in [2.45, 2.75) is 26.3 Å². The number of hydrogen-bond acceptors (Lipinski definition) is 4. The molecule has 1 heterocycles. The van der Waals surface area contributed by atoms with Crippen molar-refractivity contribution in [1.82, 2.24) is 9.97 Å². The Hall–Kier alpha value is -2.88. The van der Waals surface area contributed by atoms with Gasteiger partial charge in [0.1, 0.15) is 5.82 Å². The first-order valence-corrected chi connectivity index (χ1v) is 8.27. The maximum absolute atomic E-state index is 4.67. The summed E-state index contributed by atoms with van der Waals surface area (Å²) in [6.07, 6.45) is 1.01. The van der Waals surface area contributed by atoms with Crippen molar-refractivity contribution < 1.29 is 0 Å². The van der Waals surface area contributed by atoms with Crippen LogP contribution in [0.2, 0.25) is 0 Å². The van der Waals surface area contributed by atoms with Gasteiger partial charge in [-0.1, -0.05) is 55.5 Å². The van der Waals surface area contributed by atoms with Crippen LogP contribution in [0.4, 0.5) is 17.5 Å². The molecule has 0 unspecified atom stereocenters. The molecule has 0 bridgehead atoms. The van der Waals surface area contributed by atoms with Crippen molar-refractivity contribution >= 4 is 17.5 Å². The van der Waals surface area contributed by atoms with E-state index in [4.69, 9.17) is 0 Å². The van der Waals surface area contributed by atoms with E-state index in [0.717, 1.165) is 29.2 Å². The molecule has 0 amide bonds. The minimum absolute atomic E-state index is 0.320. The molecule has 0 saturated carbocycles. The van der Waals surface area contributed by atoms with Crippen molar-refractivity contribution in [1.29, 1.82) is 0 Å². The zero-order chi connectivity index (χ0) is 16.8. The van der Waals surface area contributed by atoms with Gasteiger partial charge in [0.25, 0.3) is 0 Å². The van der Waals surface area contributed by atoms with Crippen LogP contribution in [-0.4, -0.2) is 16.0 Å². The highest BCUT2D eigenvalue weighted by Crippen LogP contribution is 2.23. The molecule has 2 N–H and O–H groups in total. The highest BCUT2D eigenvalue weighted by molar-refractivity contribution is 5.67. The van der Waals surface area contributed by atoms with Crippen LogP contribution in [0.3, 0.4) is 0 Å². The number of anilines is 3. The average molecular weight is 318 g/mol. The van der Waals surface area contributed by atoms with Gasteiger partial charge in [0.05, 0.1) is 5.69 Å². The summed E-state index contributed by atoms with van der Waals surface area (Å²) in [6, 6.07) is 22.5. The Balaban J connectivity index is 1.96. The van der Waals surface area contributed by atoms with Gasteiger partial charge in [-0.05, 0) is 25.5 Å². The van der Waals surface area contributed by atoms with E-state index in [-0.39, 0.29) is 0 Å². The standard InChI is InChI=1S/C20H22N4/c1-3-15(2)21-20-23-18(16-10-6-4-7-11-16)14-19(24-20)22-17-12-8-5-9-13-17/h4-15H,3H2,1-2H3,(H2,21,22,23,24)/t15-/m1/s1. The largest absolute Gasteiger partial charge is 0.352 e. The van der Waals surface area contributed by atoms with E-state index in [9.17, 15) is 0 Å². The second-order valence-electron chi connectivity index (χ2n) is 5.77. The summed E-state index contributed by atoms with van der Waals surface area (Å²) in [5.41, 5.74) is 2.97. The third kappa shape index (κ3) is 4.10. The van der Waals surface area contributed by atoms with Crippen molar-refractivity contribution in [3.63, 3.8) is 0 Å². The fraction of sp³-hybridized carbons (Fsp3) is 0.200. The molecule has 3 rings (SSSR count). The number of para-hydroxylation sites is 1. The van der Waals surface area contributed by atoms with Crippen LogP contribution >= 0.6 is 0 Å². The summed E-state index contributed by atoms with van der Waals surface area (Å²) in [7, 11) is 0. The summed E-state index contributed by atoms with van der Waals surface area (Å²) < 4.78 is 0. The molecule has 4 nitrogen and oxygen atoms in total. The van der Waals surface area contributed by atoms with Crippen LogP contribution in [0, 0.1) is 0 Å². The topological polar surface area (TPSA) is 49.8 Å². The second kappa shape index (κ2) is 7.59. The molecule has 4 heteroatoms. The van der Waals surface area contributed by atoms with E-state index in [0.29, 0.717) is 12.0 Å². The normalized spacial score (nSPS) is 11.8. The maximum atomic E-state index is 4.67. The SMILES string of the molecule is CC[C@@H](C)Nc1nc(Nc2ccccc2)cc(-c2ccccc2)n1. The van der Waals surface area contributed by atoms with Gasteiger partial charge in [0.15, 0.2) is 0 Å². The minimum Gasteiger partial charge on any atom is -0.352 e. The number of hydrogen-bond donors (Lipinski definition) is 2. The van der Waals surface area contributed by atoms with Gasteiger partial charge in [-0.2, -0.15) is 4.98 Å². The van der Waals surface area contributed by atoms with Crippen LogP contribution in [0.5, 0.6) is 0 Å². The fourth-order valence-corrected chi connectivity index (χ4v) is 2.32. The number of rotatable bonds is 6. The molecule has 24 heavy (non-hydrogen) atoms. The molecule has 2 aromatic carbocycles. The molecule has 122 valence electrons. The monoisotopic (exact) mass is 318 g/mol. The van der Waals surface area contributed by atoms with E-state index in [1.165, 1.54) is 0 Å². The molecule has 1 atom stereocenters.